The molecular formula is C31H40F2O7. The lowest BCUT2D eigenvalue weighted by atomic mass is 9.43. The van der Waals surface area contributed by atoms with Crippen LogP contribution in [-0.2, 0) is 23.8 Å². The molecule has 0 aromatic rings. The second kappa shape index (κ2) is 9.10. The van der Waals surface area contributed by atoms with Crippen LogP contribution in [0.3, 0.4) is 0 Å². The Bertz CT molecular complexity index is 1180. The Morgan fingerprint density at radius 2 is 1.85 bits per heavy atom. The van der Waals surface area contributed by atoms with Crippen molar-refractivity contribution in [3.05, 3.63) is 23.8 Å². The van der Waals surface area contributed by atoms with Crippen molar-refractivity contribution < 1.29 is 42.5 Å². The standard InChI is InChI=1S/C31H40F2O7/c1-16-9-23-22-10-17(2)31(26(36)38-15-32,40-27(37)39-24-12-18-5-6-19(24)11-18)29(22,4)14-25(35)30(23,33)28(3)8-7-20(34)13-21(16)28/h7-8,13,16-19,22-25,35H,5-6,9-12,14-15H2,1-4H3/t16-,17+,18-,19+,22-,23-,24+,25-,28-,29-,30-,31?/m0/s1. The van der Waals surface area contributed by atoms with E-state index in [4.69, 9.17) is 14.2 Å². The van der Waals surface area contributed by atoms with Crippen LogP contribution >= 0.6 is 0 Å². The van der Waals surface area contributed by atoms with E-state index in [9.17, 15) is 23.9 Å². The highest BCUT2D eigenvalue weighted by Gasteiger charge is 2.78. The maximum Gasteiger partial charge on any atom is 0.509 e. The van der Waals surface area contributed by atoms with Crippen LogP contribution in [0.15, 0.2) is 23.8 Å². The highest BCUT2D eigenvalue weighted by atomic mass is 19.1. The normalized spacial score (nSPS) is 50.5. The molecule has 0 amide bonds. The molecule has 9 heteroatoms. The van der Waals surface area contributed by atoms with Gasteiger partial charge in [0.05, 0.1) is 6.10 Å². The summed E-state index contributed by atoms with van der Waals surface area (Å²) in [6.07, 6.45) is 5.87. The first kappa shape index (κ1) is 27.9. The van der Waals surface area contributed by atoms with Crippen LogP contribution in [-0.4, -0.2) is 53.4 Å². The van der Waals surface area contributed by atoms with Crippen LogP contribution in [0.1, 0.15) is 72.6 Å². The Morgan fingerprint density at radius 1 is 1.10 bits per heavy atom. The van der Waals surface area contributed by atoms with Gasteiger partial charge in [-0.2, -0.15) is 0 Å². The van der Waals surface area contributed by atoms with Crippen LogP contribution in [0.5, 0.6) is 0 Å². The van der Waals surface area contributed by atoms with E-state index >= 15 is 4.39 Å². The zero-order valence-corrected chi connectivity index (χ0v) is 23.7. The molecule has 0 aliphatic heterocycles. The number of carbonyl (C=O) groups excluding carboxylic acids is 3. The summed E-state index contributed by atoms with van der Waals surface area (Å²) in [4.78, 5) is 39.2. The van der Waals surface area contributed by atoms with Crippen molar-refractivity contribution >= 4 is 17.9 Å². The fourth-order valence-electron chi connectivity index (χ4n) is 10.4. The average Bonchev–Trinajstić information content (AvgIpc) is 3.56. The van der Waals surface area contributed by atoms with Crippen molar-refractivity contribution in [2.45, 2.75) is 96.1 Å². The van der Waals surface area contributed by atoms with Crippen molar-refractivity contribution in [2.75, 3.05) is 6.86 Å². The van der Waals surface area contributed by atoms with Crippen molar-refractivity contribution in [3.8, 4) is 0 Å². The minimum Gasteiger partial charge on any atom is -0.431 e. The Morgan fingerprint density at radius 3 is 2.50 bits per heavy atom. The third-order valence-corrected chi connectivity index (χ3v) is 12.2. The van der Waals surface area contributed by atoms with Crippen LogP contribution < -0.4 is 0 Å². The molecule has 6 aliphatic carbocycles. The molecule has 0 spiro atoms. The zero-order chi connectivity index (χ0) is 28.8. The van der Waals surface area contributed by atoms with Gasteiger partial charge in [-0.15, -0.1) is 0 Å². The number of ketones is 1. The first-order valence-electron chi connectivity index (χ1n) is 14.8. The predicted octanol–water partition coefficient (Wildman–Crippen LogP) is 5.40. The van der Waals surface area contributed by atoms with E-state index < -0.39 is 64.9 Å². The number of ether oxygens (including phenoxy) is 3. The average molecular weight is 563 g/mol. The number of alkyl halides is 2. The summed E-state index contributed by atoms with van der Waals surface area (Å²) >= 11 is 0. The van der Waals surface area contributed by atoms with Crippen LogP contribution in [0, 0.1) is 46.3 Å². The van der Waals surface area contributed by atoms with Gasteiger partial charge in [-0.25, -0.2) is 18.4 Å². The van der Waals surface area contributed by atoms with Gasteiger partial charge in [0.15, 0.2) is 11.5 Å². The lowest BCUT2D eigenvalue weighted by molar-refractivity contribution is -0.235. The second-order valence-corrected chi connectivity index (χ2v) is 13.9. The molecule has 0 aromatic heterocycles. The Hall–Kier alpha value is -2.29. The number of carbonyl (C=O) groups is 3. The predicted molar refractivity (Wildman–Crippen MR) is 139 cm³/mol. The van der Waals surface area contributed by atoms with Gasteiger partial charge in [0, 0.05) is 22.7 Å². The molecule has 6 rings (SSSR count). The van der Waals surface area contributed by atoms with Gasteiger partial charge in [0.25, 0.3) is 0 Å². The maximum atomic E-state index is 17.6. The minimum absolute atomic E-state index is 0.158. The molecule has 12 atom stereocenters. The summed E-state index contributed by atoms with van der Waals surface area (Å²) in [5, 5.41) is 11.7. The number of hydrogen-bond acceptors (Lipinski definition) is 7. The smallest absolute Gasteiger partial charge is 0.431 e. The number of allylic oxidation sites excluding steroid dienone is 4. The van der Waals surface area contributed by atoms with Gasteiger partial charge in [-0.1, -0.05) is 32.4 Å². The van der Waals surface area contributed by atoms with Crippen LogP contribution in [0.4, 0.5) is 13.6 Å². The van der Waals surface area contributed by atoms with Gasteiger partial charge in [0.2, 0.25) is 12.5 Å². The molecule has 0 radical (unpaired) electrons. The zero-order valence-electron chi connectivity index (χ0n) is 23.7. The molecule has 1 N–H and O–H groups in total. The number of fused-ring (bicyclic) bond motifs is 7. The van der Waals surface area contributed by atoms with Gasteiger partial charge in [-0.05, 0) is 87.7 Å². The lowest BCUT2D eigenvalue weighted by Gasteiger charge is -2.63. The van der Waals surface area contributed by atoms with Gasteiger partial charge < -0.3 is 19.3 Å². The number of rotatable bonds is 4. The first-order valence-corrected chi connectivity index (χ1v) is 14.8. The van der Waals surface area contributed by atoms with Crippen molar-refractivity contribution in [1.82, 2.24) is 0 Å². The van der Waals surface area contributed by atoms with Crippen molar-refractivity contribution in [1.29, 1.82) is 0 Å². The summed E-state index contributed by atoms with van der Waals surface area (Å²) in [5.41, 5.74) is -5.91. The maximum absolute atomic E-state index is 17.6. The first-order chi connectivity index (χ1) is 18.8. The van der Waals surface area contributed by atoms with Crippen molar-refractivity contribution in [2.24, 2.45) is 46.3 Å². The number of aliphatic hydroxyl groups excluding tert-OH is 1. The highest BCUT2D eigenvalue weighted by molar-refractivity contribution is 6.01. The second-order valence-electron chi connectivity index (χ2n) is 13.9. The fourth-order valence-corrected chi connectivity index (χ4v) is 10.4. The molecule has 0 saturated heterocycles. The fraction of sp³-hybridized carbons (Fsp3) is 0.774. The summed E-state index contributed by atoms with van der Waals surface area (Å²) in [6, 6.07) is 0. The largest absolute Gasteiger partial charge is 0.509 e. The van der Waals surface area contributed by atoms with Crippen molar-refractivity contribution in [3.63, 3.8) is 0 Å². The highest BCUT2D eigenvalue weighted by Crippen LogP contribution is 2.72. The Labute approximate surface area is 233 Å². The minimum atomic E-state index is -2.13. The van der Waals surface area contributed by atoms with E-state index in [1.807, 2.05) is 6.92 Å². The molecule has 6 aliphatic rings. The number of esters is 1. The Balaban J connectivity index is 1.38. The van der Waals surface area contributed by atoms with E-state index in [1.54, 1.807) is 26.8 Å². The third kappa shape index (κ3) is 3.45. The van der Waals surface area contributed by atoms with Crippen LogP contribution in [0.2, 0.25) is 0 Å². The topological polar surface area (TPSA) is 99.1 Å². The van der Waals surface area contributed by atoms with E-state index in [0.717, 1.165) is 25.7 Å². The molecule has 5 fully saturated rings. The number of aliphatic hydroxyl groups is 1. The monoisotopic (exact) mass is 562 g/mol. The third-order valence-electron chi connectivity index (χ3n) is 12.2. The van der Waals surface area contributed by atoms with Gasteiger partial charge in [-0.3, -0.25) is 4.79 Å². The number of hydrogen-bond donors (Lipinski definition) is 1. The molecule has 5 saturated carbocycles. The summed E-state index contributed by atoms with van der Waals surface area (Å²) in [7, 11) is 0. The molecule has 2 bridgehead atoms. The van der Waals surface area contributed by atoms with Crippen LogP contribution in [0.25, 0.3) is 0 Å². The molecule has 40 heavy (non-hydrogen) atoms. The van der Waals surface area contributed by atoms with E-state index in [2.05, 4.69) is 0 Å². The summed E-state index contributed by atoms with van der Waals surface area (Å²) in [6.45, 7) is 5.73. The van der Waals surface area contributed by atoms with E-state index in [1.165, 1.54) is 12.2 Å². The Kier molecular flexibility index (Phi) is 6.34. The molecular weight excluding hydrogens is 522 g/mol. The lowest BCUT2D eigenvalue weighted by Crippen LogP contribution is -2.70. The van der Waals surface area contributed by atoms with Gasteiger partial charge >= 0.3 is 12.1 Å². The molecule has 0 heterocycles. The van der Waals surface area contributed by atoms with Gasteiger partial charge in [0.1, 0.15) is 6.10 Å². The SMILES string of the molecule is C[C@@H]1C[C@H]2[C@@H]3C[C@H](C)C4=CC(=O)C=C[C@]4(C)[C@@]3(F)[C@@H](O)C[C@]2(C)C1(OC(=O)O[C@@H]1C[C@H]2CC[C@@H]1C2)C(=O)OCF. The summed E-state index contributed by atoms with van der Waals surface area (Å²) in [5.74, 6) is -2.47. The van der Waals surface area contributed by atoms with E-state index in [-0.39, 0.29) is 30.1 Å². The van der Waals surface area contributed by atoms with E-state index in [0.29, 0.717) is 24.3 Å². The quantitative estimate of drug-likeness (QED) is 0.458. The summed E-state index contributed by atoms with van der Waals surface area (Å²) < 4.78 is 47.7. The molecule has 0 aromatic carbocycles. The molecule has 1 unspecified atom stereocenters. The molecule has 7 nitrogen and oxygen atoms in total. The number of halogens is 2. The molecule has 220 valence electrons.